The van der Waals surface area contributed by atoms with Crippen LogP contribution >= 0.6 is 11.3 Å². The Morgan fingerprint density at radius 3 is 2.44 bits per heavy atom. The van der Waals surface area contributed by atoms with Crippen LogP contribution in [0.3, 0.4) is 0 Å². The van der Waals surface area contributed by atoms with Gasteiger partial charge in [-0.1, -0.05) is 11.3 Å². The van der Waals surface area contributed by atoms with Crippen molar-refractivity contribution in [2.24, 2.45) is 0 Å². The molecule has 0 aliphatic heterocycles. The second-order valence-electron chi connectivity index (χ2n) is 3.61. The summed E-state index contributed by atoms with van der Waals surface area (Å²) in [7, 11) is -3.40. The van der Waals surface area contributed by atoms with Crippen molar-refractivity contribution < 1.29 is 13.3 Å². The van der Waals surface area contributed by atoms with Gasteiger partial charge in [0.25, 0.3) is 0 Å². The molecule has 8 heteroatoms. The molecule has 0 saturated carbocycles. The van der Waals surface area contributed by atoms with Gasteiger partial charge in [0.15, 0.2) is 14.8 Å². The van der Waals surface area contributed by atoms with Gasteiger partial charge in [-0.3, -0.25) is 10.1 Å². The topological polar surface area (TPSA) is 89.3 Å². The van der Waals surface area contributed by atoms with Crippen molar-refractivity contribution >= 4 is 31.9 Å². The number of hydrogen-bond donors (Lipinski definition) is 1. The van der Waals surface area contributed by atoms with Gasteiger partial charge in [-0.15, -0.1) is 0 Å². The van der Waals surface area contributed by atoms with E-state index in [9.17, 15) is 18.5 Å². The minimum Gasteiger partial charge on any atom is -0.369 e. The van der Waals surface area contributed by atoms with Crippen LogP contribution in [0.15, 0.2) is 10.3 Å². The maximum absolute atomic E-state index is 11.3. The molecule has 0 spiro atoms. The SMILES string of the molecule is CC(C)Nc1sc(S(C)(=O)=O)cc1[N+](=O)[O-]. The monoisotopic (exact) mass is 264 g/mol. The Labute approximate surface area is 97.4 Å². The highest BCUT2D eigenvalue weighted by molar-refractivity contribution is 7.92. The number of nitrogens with one attached hydrogen (secondary N) is 1. The fraction of sp³-hybridized carbons (Fsp3) is 0.500. The summed E-state index contributed by atoms with van der Waals surface area (Å²) >= 11 is 0.882. The van der Waals surface area contributed by atoms with Crippen molar-refractivity contribution in [2.75, 3.05) is 11.6 Å². The number of anilines is 1. The van der Waals surface area contributed by atoms with E-state index in [4.69, 9.17) is 0 Å². The summed E-state index contributed by atoms with van der Waals surface area (Å²) in [6.45, 7) is 3.65. The molecule has 1 aromatic heterocycles. The fourth-order valence-corrected chi connectivity index (χ4v) is 3.13. The molecule has 1 N–H and O–H groups in total. The van der Waals surface area contributed by atoms with Crippen molar-refractivity contribution in [1.29, 1.82) is 0 Å². The second-order valence-corrected chi connectivity index (χ2v) is 6.90. The summed E-state index contributed by atoms with van der Waals surface area (Å²) in [6.07, 6.45) is 1.03. The van der Waals surface area contributed by atoms with Gasteiger partial charge in [-0.05, 0) is 13.8 Å². The average Bonchev–Trinajstić information content (AvgIpc) is 2.45. The molecule has 90 valence electrons. The van der Waals surface area contributed by atoms with Crippen LogP contribution in [0.1, 0.15) is 13.8 Å². The Kier molecular flexibility index (Phi) is 3.54. The van der Waals surface area contributed by atoms with Gasteiger partial charge in [0.05, 0.1) is 4.92 Å². The third-order valence-electron chi connectivity index (χ3n) is 1.67. The van der Waals surface area contributed by atoms with Crippen molar-refractivity contribution in [3.8, 4) is 0 Å². The molecule has 0 unspecified atom stereocenters. The Hall–Kier alpha value is -1.15. The predicted molar refractivity (Wildman–Crippen MR) is 62.8 cm³/mol. The molecule has 1 heterocycles. The quantitative estimate of drug-likeness (QED) is 0.662. The number of rotatable bonds is 4. The van der Waals surface area contributed by atoms with Crippen molar-refractivity contribution in [3.05, 3.63) is 16.2 Å². The van der Waals surface area contributed by atoms with Crippen LogP contribution in [0.5, 0.6) is 0 Å². The minimum atomic E-state index is -3.40. The fourth-order valence-electron chi connectivity index (χ4n) is 1.04. The molecule has 0 amide bonds. The number of nitro groups is 1. The van der Waals surface area contributed by atoms with Gasteiger partial charge in [0.1, 0.15) is 4.21 Å². The molecule has 0 saturated heterocycles. The Morgan fingerprint density at radius 1 is 1.50 bits per heavy atom. The summed E-state index contributed by atoms with van der Waals surface area (Å²) < 4.78 is 22.5. The zero-order valence-corrected chi connectivity index (χ0v) is 10.7. The first kappa shape index (κ1) is 12.9. The summed E-state index contributed by atoms with van der Waals surface area (Å²) in [4.78, 5) is 10.1. The van der Waals surface area contributed by atoms with Crippen LogP contribution in [-0.2, 0) is 9.84 Å². The first-order chi connectivity index (χ1) is 7.21. The lowest BCUT2D eigenvalue weighted by Gasteiger charge is -2.05. The van der Waals surface area contributed by atoms with E-state index in [0.29, 0.717) is 0 Å². The lowest BCUT2D eigenvalue weighted by molar-refractivity contribution is -0.383. The number of hydrogen-bond acceptors (Lipinski definition) is 6. The standard InChI is InChI=1S/C8H12N2O4S2/c1-5(2)9-8-6(10(11)12)4-7(15-8)16(3,13)14/h4-5,9H,1-3H3. The van der Waals surface area contributed by atoms with Gasteiger partial charge < -0.3 is 5.32 Å². The first-order valence-corrected chi connectivity index (χ1v) is 7.17. The molecule has 0 aliphatic rings. The molecule has 0 radical (unpaired) electrons. The van der Waals surface area contributed by atoms with E-state index in [0.717, 1.165) is 23.7 Å². The second kappa shape index (κ2) is 4.38. The largest absolute Gasteiger partial charge is 0.369 e. The maximum atomic E-state index is 11.3. The molecule has 0 aliphatic carbocycles. The third kappa shape index (κ3) is 2.92. The summed E-state index contributed by atoms with van der Waals surface area (Å²) in [6, 6.07) is 1.09. The van der Waals surface area contributed by atoms with Crippen LogP contribution < -0.4 is 5.32 Å². The van der Waals surface area contributed by atoms with E-state index < -0.39 is 14.8 Å². The van der Waals surface area contributed by atoms with Crippen LogP contribution in [0.2, 0.25) is 0 Å². The van der Waals surface area contributed by atoms with Gasteiger partial charge in [-0.2, -0.15) is 0 Å². The molecule has 0 atom stereocenters. The van der Waals surface area contributed by atoms with Crippen LogP contribution in [-0.4, -0.2) is 25.6 Å². The molecular formula is C8H12N2O4S2. The van der Waals surface area contributed by atoms with Crippen LogP contribution in [0.4, 0.5) is 10.7 Å². The van der Waals surface area contributed by atoms with E-state index >= 15 is 0 Å². The Bertz CT molecular complexity index is 504. The summed E-state index contributed by atoms with van der Waals surface area (Å²) in [5.74, 6) is 0. The first-order valence-electron chi connectivity index (χ1n) is 4.46. The molecular weight excluding hydrogens is 252 g/mol. The van der Waals surface area contributed by atoms with Crippen molar-refractivity contribution in [2.45, 2.75) is 24.1 Å². The van der Waals surface area contributed by atoms with E-state index in [1.165, 1.54) is 0 Å². The zero-order chi connectivity index (χ0) is 12.5. The number of thiophene rings is 1. The summed E-state index contributed by atoms with van der Waals surface area (Å²) in [5, 5.41) is 13.9. The zero-order valence-electron chi connectivity index (χ0n) is 9.05. The van der Waals surface area contributed by atoms with Crippen LogP contribution in [0.25, 0.3) is 0 Å². The van der Waals surface area contributed by atoms with Gasteiger partial charge in [0, 0.05) is 18.4 Å². The maximum Gasteiger partial charge on any atom is 0.304 e. The summed E-state index contributed by atoms with van der Waals surface area (Å²) in [5.41, 5.74) is -0.195. The Morgan fingerprint density at radius 2 is 2.06 bits per heavy atom. The van der Waals surface area contributed by atoms with Gasteiger partial charge >= 0.3 is 5.69 Å². The smallest absolute Gasteiger partial charge is 0.304 e. The molecule has 0 bridgehead atoms. The van der Waals surface area contributed by atoms with Crippen molar-refractivity contribution in [1.82, 2.24) is 0 Å². The van der Waals surface area contributed by atoms with Crippen molar-refractivity contribution in [3.63, 3.8) is 0 Å². The number of nitrogens with zero attached hydrogens (tertiary/aromatic N) is 1. The van der Waals surface area contributed by atoms with E-state index in [1.54, 1.807) is 0 Å². The third-order valence-corrected chi connectivity index (χ3v) is 4.53. The van der Waals surface area contributed by atoms with Gasteiger partial charge in [0.2, 0.25) is 0 Å². The minimum absolute atomic E-state index is 0.00218. The molecule has 0 fully saturated rings. The lowest BCUT2D eigenvalue weighted by Crippen LogP contribution is -2.09. The highest BCUT2D eigenvalue weighted by atomic mass is 32.2. The van der Waals surface area contributed by atoms with E-state index in [2.05, 4.69) is 5.32 Å². The van der Waals surface area contributed by atoms with Crippen LogP contribution in [0, 0.1) is 10.1 Å². The molecule has 6 nitrogen and oxygen atoms in total. The highest BCUT2D eigenvalue weighted by Crippen LogP contribution is 2.37. The van der Waals surface area contributed by atoms with E-state index in [-0.39, 0.29) is 20.9 Å². The number of sulfone groups is 1. The molecule has 16 heavy (non-hydrogen) atoms. The molecule has 0 aromatic carbocycles. The molecule has 1 rings (SSSR count). The lowest BCUT2D eigenvalue weighted by atomic mass is 10.4. The van der Waals surface area contributed by atoms with E-state index in [1.807, 2.05) is 13.8 Å². The molecule has 1 aromatic rings. The highest BCUT2D eigenvalue weighted by Gasteiger charge is 2.23. The normalized spacial score (nSPS) is 11.8. The average molecular weight is 264 g/mol. The predicted octanol–water partition coefficient (Wildman–Crippen LogP) is 1.88. The van der Waals surface area contributed by atoms with Gasteiger partial charge in [-0.25, -0.2) is 8.42 Å². The Balaban J connectivity index is 3.26.